The topological polar surface area (TPSA) is 135 Å². The molecule has 2 amide bonds. The van der Waals surface area contributed by atoms with Crippen molar-refractivity contribution in [3.05, 3.63) is 67.1 Å². The number of nitrogens with two attached hydrogens (primary N) is 2. The van der Waals surface area contributed by atoms with Crippen molar-refractivity contribution in [1.29, 1.82) is 0 Å². The molecule has 9 heteroatoms. The molecule has 36 heavy (non-hydrogen) atoms. The van der Waals surface area contributed by atoms with Crippen molar-refractivity contribution in [2.45, 2.75) is 57.7 Å². The summed E-state index contributed by atoms with van der Waals surface area (Å²) in [7, 11) is 0. The Hall–Kier alpha value is -1.75. The van der Waals surface area contributed by atoms with E-state index in [0.717, 1.165) is 16.7 Å². The molecule has 190 valence electrons. The van der Waals surface area contributed by atoms with E-state index < -0.39 is 12.1 Å². The van der Waals surface area contributed by atoms with Gasteiger partial charge in [-0.05, 0) is 42.5 Å². The molecule has 0 heterocycles. The Balaban J connectivity index is 0.00000648. The average Bonchev–Trinajstić information content (AvgIpc) is 2.84. The van der Waals surface area contributed by atoms with Crippen LogP contribution >= 0.6 is 0 Å². The minimum absolute atomic E-state index is 0. The van der Waals surface area contributed by atoms with Crippen LogP contribution in [0.25, 0.3) is 11.1 Å². The Morgan fingerprint density at radius 1 is 0.944 bits per heavy atom. The van der Waals surface area contributed by atoms with Gasteiger partial charge < -0.3 is 34.3 Å². The number of guanidine groups is 1. The molecule has 2 atom stereocenters. The van der Waals surface area contributed by atoms with Gasteiger partial charge in [0.25, 0.3) is 0 Å². The molecule has 0 spiro atoms. The van der Waals surface area contributed by atoms with Crippen molar-refractivity contribution in [3.63, 3.8) is 0 Å². The Morgan fingerprint density at radius 2 is 1.58 bits per heavy atom. The second-order valence-corrected chi connectivity index (χ2v) is 8.80. The molecule has 0 aliphatic rings. The number of carbonyl (C=O) groups is 2. The van der Waals surface area contributed by atoms with Crippen LogP contribution in [0.4, 0.5) is 0 Å². The van der Waals surface area contributed by atoms with E-state index in [-0.39, 0.29) is 75.2 Å². The molecule has 0 radical (unpaired) electrons. The maximum Gasteiger partial charge on any atom is 1.00 e. The van der Waals surface area contributed by atoms with Gasteiger partial charge in [-0.25, -0.2) is 0 Å². The molecular formula is C27H39KN6O2. The largest absolute Gasteiger partial charge is 1.00 e. The number of nitrogens with one attached hydrogen (secondary N) is 3. The quantitative estimate of drug-likeness (QED) is 0.0730. The van der Waals surface area contributed by atoms with Crippen molar-refractivity contribution < 1.29 is 61.0 Å². The van der Waals surface area contributed by atoms with Gasteiger partial charge in [-0.15, -0.1) is 0 Å². The number of benzene rings is 2. The molecule has 7 N–H and O–H groups in total. The van der Waals surface area contributed by atoms with E-state index in [1.807, 2.05) is 44.2 Å². The Bertz CT molecular complexity index is 946. The van der Waals surface area contributed by atoms with Gasteiger partial charge in [0.15, 0.2) is 5.96 Å². The summed E-state index contributed by atoms with van der Waals surface area (Å²) in [6.07, 6.45) is 2.05. The maximum atomic E-state index is 13.3. The normalized spacial score (nSPS) is 12.2. The molecule has 0 bridgehead atoms. The fourth-order valence-electron chi connectivity index (χ4n) is 3.71. The van der Waals surface area contributed by atoms with Gasteiger partial charge in [0, 0.05) is 12.6 Å². The summed E-state index contributed by atoms with van der Waals surface area (Å²) in [5.41, 5.74) is 14.1. The average molecular weight is 519 g/mol. The van der Waals surface area contributed by atoms with E-state index in [0.29, 0.717) is 38.8 Å². The predicted octanol–water partition coefficient (Wildman–Crippen LogP) is -0.855. The van der Waals surface area contributed by atoms with Crippen LogP contribution in [-0.2, 0) is 16.0 Å². The number of hydrogen-bond acceptors (Lipinski definition) is 4. The number of hydrogen-bond donors (Lipinski definition) is 5. The van der Waals surface area contributed by atoms with E-state index in [1.54, 1.807) is 0 Å². The molecule has 0 aromatic heterocycles. The van der Waals surface area contributed by atoms with E-state index >= 15 is 0 Å². The number of aliphatic imine (C=N–C) groups is 1. The summed E-state index contributed by atoms with van der Waals surface area (Å²) in [6.45, 7) is 8.57. The van der Waals surface area contributed by atoms with Crippen LogP contribution in [0.3, 0.4) is 0 Å². The molecule has 0 saturated heterocycles. The van der Waals surface area contributed by atoms with Crippen molar-refractivity contribution >= 4 is 17.8 Å². The smallest absolute Gasteiger partial charge is 0.370 e. The number of rotatable bonds is 14. The number of nitrogens with zero attached hydrogens (tertiary/aromatic N) is 1. The summed E-state index contributed by atoms with van der Waals surface area (Å²) in [5.74, 6) is -0.448. The van der Waals surface area contributed by atoms with Crippen LogP contribution in [-0.4, -0.2) is 49.0 Å². The van der Waals surface area contributed by atoms with Gasteiger partial charge in [-0.3, -0.25) is 14.6 Å². The zero-order chi connectivity index (χ0) is 25.6. The van der Waals surface area contributed by atoms with Crippen molar-refractivity contribution in [1.82, 2.24) is 16.0 Å². The molecule has 2 rings (SSSR count). The van der Waals surface area contributed by atoms with Crippen LogP contribution < -0.4 is 78.8 Å². The molecule has 0 saturated carbocycles. The first-order chi connectivity index (χ1) is 16.8. The monoisotopic (exact) mass is 518 g/mol. The van der Waals surface area contributed by atoms with Gasteiger partial charge in [0.05, 0.1) is 6.04 Å². The standard InChI is InChI=1S/C27H39N6O2.K/c1-4-16-30-25(34)23(11-8-17-31-27(28)29)33-26(35)24(32-19(2)3)18-20-12-14-22(15-13-20)21-9-6-5-7-10-21;/h5-7,9-10,12-15,19,23-24,32H,1,4,8,11,16-18H2,2-3H3,(H,30,34)(H,33,35)(H4,28,29,31);/q-1;+1. The molecule has 0 fully saturated rings. The first-order valence-electron chi connectivity index (χ1n) is 12.1. The molecule has 2 unspecified atom stereocenters. The summed E-state index contributed by atoms with van der Waals surface area (Å²) in [5, 5.41) is 9.08. The predicted molar refractivity (Wildman–Crippen MR) is 142 cm³/mol. The summed E-state index contributed by atoms with van der Waals surface area (Å²) in [4.78, 5) is 29.9. The van der Waals surface area contributed by atoms with E-state index in [2.05, 4.69) is 52.1 Å². The minimum Gasteiger partial charge on any atom is -0.370 e. The Kier molecular flexibility index (Phi) is 15.8. The second kappa shape index (κ2) is 17.7. The third-order valence-corrected chi connectivity index (χ3v) is 5.41. The van der Waals surface area contributed by atoms with Gasteiger partial charge in [-0.2, -0.15) is 6.42 Å². The summed E-state index contributed by atoms with van der Waals surface area (Å²) < 4.78 is 0. The van der Waals surface area contributed by atoms with Crippen LogP contribution in [0.15, 0.2) is 59.6 Å². The zero-order valence-corrected chi connectivity index (χ0v) is 24.9. The van der Waals surface area contributed by atoms with Crippen molar-refractivity contribution in [3.8, 4) is 11.1 Å². The third-order valence-electron chi connectivity index (χ3n) is 5.41. The fourth-order valence-corrected chi connectivity index (χ4v) is 3.71. The molecule has 0 aliphatic heterocycles. The Labute approximate surface area is 257 Å². The van der Waals surface area contributed by atoms with Gasteiger partial charge >= 0.3 is 51.4 Å². The Morgan fingerprint density at radius 3 is 2.17 bits per heavy atom. The van der Waals surface area contributed by atoms with E-state index in [4.69, 9.17) is 11.5 Å². The maximum absolute atomic E-state index is 13.3. The molecule has 2 aromatic rings. The fraction of sp³-hybridized carbons (Fsp3) is 0.407. The van der Waals surface area contributed by atoms with Crippen molar-refractivity contribution in [2.75, 3.05) is 13.1 Å². The van der Waals surface area contributed by atoms with Crippen LogP contribution in [0.2, 0.25) is 0 Å². The second-order valence-electron chi connectivity index (χ2n) is 8.80. The van der Waals surface area contributed by atoms with E-state index in [1.165, 1.54) is 0 Å². The van der Waals surface area contributed by atoms with Crippen molar-refractivity contribution in [2.24, 2.45) is 16.5 Å². The number of carbonyl (C=O) groups excluding carboxylic acids is 2. The molecule has 8 nitrogen and oxygen atoms in total. The molecular weight excluding hydrogens is 479 g/mol. The first-order valence-corrected chi connectivity index (χ1v) is 12.1. The molecule has 0 aliphatic carbocycles. The van der Waals surface area contributed by atoms with Gasteiger partial charge in [0.2, 0.25) is 11.8 Å². The third kappa shape index (κ3) is 12.0. The van der Waals surface area contributed by atoms with Crippen LogP contribution in [0.5, 0.6) is 0 Å². The summed E-state index contributed by atoms with van der Waals surface area (Å²) in [6, 6.07) is 17.3. The van der Waals surface area contributed by atoms with Gasteiger partial charge in [0.1, 0.15) is 6.04 Å². The van der Waals surface area contributed by atoms with Crippen LogP contribution in [0, 0.1) is 6.92 Å². The van der Waals surface area contributed by atoms with Crippen LogP contribution in [0.1, 0.15) is 38.7 Å². The SMILES string of the molecule is [CH2-]CCNC(=O)C(CCCN=C(N)N)NC(=O)C(Cc1ccc(-c2ccccc2)cc1)NC(C)C.[K+]. The summed E-state index contributed by atoms with van der Waals surface area (Å²) >= 11 is 0. The molecule has 2 aromatic carbocycles. The minimum atomic E-state index is -0.680. The zero-order valence-electron chi connectivity index (χ0n) is 21.8. The van der Waals surface area contributed by atoms with E-state index in [9.17, 15) is 9.59 Å². The first kappa shape index (κ1) is 32.3. The van der Waals surface area contributed by atoms with Gasteiger partial charge in [-0.1, -0.05) is 68.4 Å². The number of amides is 2.